The summed E-state index contributed by atoms with van der Waals surface area (Å²) in [7, 11) is 0. The molecule has 0 radical (unpaired) electrons. The van der Waals surface area contributed by atoms with E-state index >= 15 is 0 Å². The topological polar surface area (TPSA) is 20.2 Å². The molecule has 4 aliphatic rings. The molecule has 0 bridgehead atoms. The van der Waals surface area contributed by atoms with Crippen LogP contribution >= 0.6 is 0 Å². The molecule has 4 saturated carbocycles. The number of rotatable bonds is 0. The van der Waals surface area contributed by atoms with Crippen LogP contribution in [0.3, 0.4) is 0 Å². The Morgan fingerprint density at radius 1 is 0.913 bits per heavy atom. The highest BCUT2D eigenvalue weighted by Crippen LogP contribution is 2.67. The van der Waals surface area contributed by atoms with Gasteiger partial charge >= 0.3 is 0 Å². The molecule has 0 saturated heterocycles. The molecule has 0 heterocycles. The molecule has 0 aromatic carbocycles. The zero-order valence-corrected chi connectivity index (χ0v) is 15.7. The summed E-state index contributed by atoms with van der Waals surface area (Å²) in [6.45, 7) is 9.46. The smallest absolute Gasteiger partial charge is 0.0809 e. The van der Waals surface area contributed by atoms with E-state index in [1.165, 1.54) is 68.9 Å². The Kier molecular flexibility index (Phi) is 3.76. The maximum atomic E-state index is 11.0. The van der Waals surface area contributed by atoms with Gasteiger partial charge < -0.3 is 5.11 Å². The Bertz CT molecular complexity index is 516. The molecular weight excluding hydrogens is 280 g/mol. The van der Waals surface area contributed by atoms with Gasteiger partial charge in [-0.05, 0) is 93.5 Å². The van der Waals surface area contributed by atoms with E-state index in [1.54, 1.807) is 0 Å². The predicted molar refractivity (Wildman–Crippen MR) is 96.1 cm³/mol. The summed E-state index contributed by atoms with van der Waals surface area (Å²) in [5.41, 5.74) is 3.53. The van der Waals surface area contributed by atoms with Crippen LogP contribution in [0, 0.1) is 34.5 Å². The lowest BCUT2D eigenvalue weighted by atomic mass is 9.45. The molecule has 23 heavy (non-hydrogen) atoms. The third-order valence-electron chi connectivity index (χ3n) is 9.06. The third-order valence-corrected chi connectivity index (χ3v) is 9.06. The first kappa shape index (κ1) is 16.2. The summed E-state index contributed by atoms with van der Waals surface area (Å²) in [5, 5.41) is 11.0. The number of aliphatic hydroxyl groups excluding tert-OH is 1. The predicted octanol–water partition coefficient (Wildman–Crippen LogP) is 5.73. The van der Waals surface area contributed by atoms with E-state index in [0.717, 1.165) is 23.7 Å². The van der Waals surface area contributed by atoms with Crippen LogP contribution in [0.5, 0.6) is 0 Å². The molecule has 0 spiro atoms. The van der Waals surface area contributed by atoms with Crippen molar-refractivity contribution in [1.82, 2.24) is 0 Å². The van der Waals surface area contributed by atoms with E-state index in [1.807, 2.05) is 0 Å². The highest BCUT2D eigenvalue weighted by Gasteiger charge is 2.60. The molecule has 4 fully saturated rings. The Balaban J connectivity index is 1.68. The second-order valence-corrected chi connectivity index (χ2v) is 10.1. The fourth-order valence-electron chi connectivity index (χ4n) is 7.59. The summed E-state index contributed by atoms with van der Waals surface area (Å²) < 4.78 is 0. The van der Waals surface area contributed by atoms with Crippen molar-refractivity contribution < 1.29 is 5.11 Å². The molecule has 4 aliphatic carbocycles. The molecule has 4 rings (SSSR count). The molecule has 0 aliphatic heterocycles. The Labute approximate surface area is 142 Å². The van der Waals surface area contributed by atoms with Crippen molar-refractivity contribution >= 4 is 0 Å². The van der Waals surface area contributed by atoms with Crippen molar-refractivity contribution in [3.8, 4) is 0 Å². The molecule has 0 aromatic heterocycles. The SMILES string of the molecule is CC(C)=C1C[C@H]2[C@@H]3CC[C@@H]4CCCC[C@]4(C)[C@H]3CC[C@]2(C)[C@@H]1O. The summed E-state index contributed by atoms with van der Waals surface area (Å²) >= 11 is 0. The molecule has 130 valence electrons. The first-order chi connectivity index (χ1) is 10.9. The van der Waals surface area contributed by atoms with Crippen LogP contribution in [0.25, 0.3) is 0 Å². The van der Waals surface area contributed by atoms with Crippen LogP contribution in [-0.2, 0) is 0 Å². The lowest BCUT2D eigenvalue weighted by Gasteiger charge is -2.60. The van der Waals surface area contributed by atoms with Gasteiger partial charge in [0, 0.05) is 5.41 Å². The van der Waals surface area contributed by atoms with E-state index in [4.69, 9.17) is 0 Å². The Hall–Kier alpha value is -0.300. The second-order valence-electron chi connectivity index (χ2n) is 10.1. The van der Waals surface area contributed by atoms with E-state index in [-0.39, 0.29) is 11.5 Å². The quantitative estimate of drug-likeness (QED) is 0.566. The van der Waals surface area contributed by atoms with Gasteiger partial charge in [-0.25, -0.2) is 0 Å². The van der Waals surface area contributed by atoms with Gasteiger partial charge in [-0.2, -0.15) is 0 Å². The molecule has 7 atom stereocenters. The Morgan fingerprint density at radius 3 is 2.43 bits per heavy atom. The minimum absolute atomic E-state index is 0.158. The van der Waals surface area contributed by atoms with Crippen molar-refractivity contribution in [3.05, 3.63) is 11.1 Å². The van der Waals surface area contributed by atoms with Crippen LogP contribution in [-0.4, -0.2) is 11.2 Å². The zero-order chi connectivity index (χ0) is 16.4. The van der Waals surface area contributed by atoms with Crippen LogP contribution in [0.4, 0.5) is 0 Å². The minimum Gasteiger partial charge on any atom is -0.388 e. The van der Waals surface area contributed by atoms with Crippen LogP contribution < -0.4 is 0 Å². The number of hydrogen-bond donors (Lipinski definition) is 1. The molecule has 0 aromatic rings. The lowest BCUT2D eigenvalue weighted by Crippen LogP contribution is -2.53. The first-order valence-corrected chi connectivity index (χ1v) is 10.2. The highest BCUT2D eigenvalue weighted by molar-refractivity contribution is 5.27. The minimum atomic E-state index is -0.171. The summed E-state index contributed by atoms with van der Waals surface area (Å²) in [6.07, 6.45) is 12.4. The molecule has 0 amide bonds. The maximum absolute atomic E-state index is 11.0. The van der Waals surface area contributed by atoms with Crippen LogP contribution in [0.2, 0.25) is 0 Å². The van der Waals surface area contributed by atoms with Gasteiger partial charge in [-0.3, -0.25) is 0 Å². The fourth-order valence-corrected chi connectivity index (χ4v) is 7.59. The van der Waals surface area contributed by atoms with Gasteiger partial charge in [0.25, 0.3) is 0 Å². The van der Waals surface area contributed by atoms with E-state index in [9.17, 15) is 5.11 Å². The van der Waals surface area contributed by atoms with Crippen molar-refractivity contribution in [1.29, 1.82) is 0 Å². The molecule has 1 N–H and O–H groups in total. The highest BCUT2D eigenvalue weighted by atomic mass is 16.3. The average molecular weight is 317 g/mol. The average Bonchev–Trinajstić information content (AvgIpc) is 2.79. The molecule has 0 unspecified atom stereocenters. The van der Waals surface area contributed by atoms with Gasteiger partial charge in [0.2, 0.25) is 0 Å². The Morgan fingerprint density at radius 2 is 1.70 bits per heavy atom. The van der Waals surface area contributed by atoms with E-state index in [0.29, 0.717) is 5.41 Å². The molecule has 1 nitrogen and oxygen atoms in total. The second kappa shape index (κ2) is 5.35. The number of aliphatic hydroxyl groups is 1. The number of hydrogen-bond acceptors (Lipinski definition) is 1. The van der Waals surface area contributed by atoms with Gasteiger partial charge in [0.05, 0.1) is 6.10 Å². The normalized spacial score (nSPS) is 52.6. The maximum Gasteiger partial charge on any atom is 0.0809 e. The van der Waals surface area contributed by atoms with Crippen molar-refractivity contribution in [2.75, 3.05) is 0 Å². The summed E-state index contributed by atoms with van der Waals surface area (Å²) in [5.74, 6) is 3.54. The van der Waals surface area contributed by atoms with Crippen molar-refractivity contribution in [3.63, 3.8) is 0 Å². The monoisotopic (exact) mass is 316 g/mol. The van der Waals surface area contributed by atoms with Gasteiger partial charge in [-0.1, -0.05) is 32.3 Å². The van der Waals surface area contributed by atoms with Crippen LogP contribution in [0.15, 0.2) is 11.1 Å². The van der Waals surface area contributed by atoms with Gasteiger partial charge in [-0.15, -0.1) is 0 Å². The fraction of sp³-hybridized carbons (Fsp3) is 0.909. The van der Waals surface area contributed by atoms with Gasteiger partial charge in [0.15, 0.2) is 0 Å². The number of fused-ring (bicyclic) bond motifs is 5. The third kappa shape index (κ3) is 2.14. The van der Waals surface area contributed by atoms with Crippen LogP contribution in [0.1, 0.15) is 85.5 Å². The zero-order valence-electron chi connectivity index (χ0n) is 15.7. The molecular formula is C22H36O. The summed E-state index contributed by atoms with van der Waals surface area (Å²) in [6, 6.07) is 0. The standard InChI is InChI=1S/C22H36O/c1-14(2)17-13-19-16-9-8-15-7-5-6-11-21(15,3)18(16)10-12-22(19,4)20(17)23/h15-16,18-20,23H,5-13H2,1-4H3/t15-,16+,18-,19-,20+,21-,22-/m0/s1. The lowest BCUT2D eigenvalue weighted by molar-refractivity contribution is -0.119. The molecule has 1 heteroatoms. The van der Waals surface area contributed by atoms with Crippen molar-refractivity contribution in [2.45, 2.75) is 91.6 Å². The summed E-state index contributed by atoms with van der Waals surface area (Å²) in [4.78, 5) is 0. The first-order valence-electron chi connectivity index (χ1n) is 10.2. The number of allylic oxidation sites excluding steroid dienone is 1. The van der Waals surface area contributed by atoms with E-state index in [2.05, 4.69) is 27.7 Å². The van der Waals surface area contributed by atoms with Gasteiger partial charge in [0.1, 0.15) is 0 Å². The van der Waals surface area contributed by atoms with Crippen molar-refractivity contribution in [2.24, 2.45) is 34.5 Å². The largest absolute Gasteiger partial charge is 0.388 e. The van der Waals surface area contributed by atoms with E-state index < -0.39 is 0 Å².